The highest BCUT2D eigenvalue weighted by molar-refractivity contribution is 6.35. The van der Waals surface area contributed by atoms with Crippen LogP contribution in [-0.4, -0.2) is 22.2 Å². The molecule has 0 amide bonds. The zero-order valence-electron chi connectivity index (χ0n) is 11.3. The summed E-state index contributed by atoms with van der Waals surface area (Å²) in [5.74, 6) is 0.573. The Kier molecular flexibility index (Phi) is 4.29. The fourth-order valence-corrected chi connectivity index (χ4v) is 2.81. The highest BCUT2D eigenvalue weighted by Gasteiger charge is 2.36. The van der Waals surface area contributed by atoms with E-state index in [2.05, 4.69) is 24.1 Å². The van der Waals surface area contributed by atoms with Gasteiger partial charge in [0.1, 0.15) is 5.82 Å². The van der Waals surface area contributed by atoms with Crippen molar-refractivity contribution in [1.29, 1.82) is 0 Å². The first-order chi connectivity index (χ1) is 8.80. The van der Waals surface area contributed by atoms with Gasteiger partial charge in [0.15, 0.2) is 0 Å². The molecule has 1 heterocycles. The molecular formula is C14H20Cl2N2O. The van der Waals surface area contributed by atoms with E-state index in [0.717, 1.165) is 25.7 Å². The average Bonchev–Trinajstić information content (AvgIpc) is 2.33. The summed E-state index contributed by atoms with van der Waals surface area (Å²) in [6, 6.07) is 1.65. The van der Waals surface area contributed by atoms with Crippen LogP contribution in [0.1, 0.15) is 39.5 Å². The maximum Gasteiger partial charge on any atom is 0.144 e. The Morgan fingerprint density at radius 2 is 1.89 bits per heavy atom. The summed E-state index contributed by atoms with van der Waals surface area (Å²) in [4.78, 5) is 4.14. The Labute approximate surface area is 124 Å². The standard InChI is InChI=1S/C14H20Cl2N2O/c1-13(2)3-5-14(19,6-4-13)9-18-12-11(16)7-10(15)8-17-12/h7-8,19H,3-6,9H2,1-2H3,(H,17,18). The van der Waals surface area contributed by atoms with Crippen LogP contribution in [0.5, 0.6) is 0 Å². The van der Waals surface area contributed by atoms with E-state index in [1.807, 2.05) is 0 Å². The molecule has 1 aliphatic carbocycles. The third-order valence-corrected chi connectivity index (χ3v) is 4.42. The first-order valence-electron chi connectivity index (χ1n) is 6.57. The number of hydrogen-bond acceptors (Lipinski definition) is 3. The van der Waals surface area contributed by atoms with Gasteiger partial charge in [-0.2, -0.15) is 0 Å². The Balaban J connectivity index is 1.95. The Morgan fingerprint density at radius 3 is 2.47 bits per heavy atom. The summed E-state index contributed by atoms with van der Waals surface area (Å²) in [6.45, 7) is 4.96. The second-order valence-electron chi connectivity index (χ2n) is 6.23. The highest BCUT2D eigenvalue weighted by Crippen LogP contribution is 2.40. The molecule has 0 saturated heterocycles. The van der Waals surface area contributed by atoms with E-state index >= 15 is 0 Å². The zero-order chi connectivity index (χ0) is 14.1. The SMILES string of the molecule is CC1(C)CCC(O)(CNc2ncc(Cl)cc2Cl)CC1. The topological polar surface area (TPSA) is 45.1 Å². The van der Waals surface area contributed by atoms with E-state index in [9.17, 15) is 5.11 Å². The van der Waals surface area contributed by atoms with Crippen LogP contribution in [0.3, 0.4) is 0 Å². The quantitative estimate of drug-likeness (QED) is 0.882. The summed E-state index contributed by atoms with van der Waals surface area (Å²) in [5, 5.41) is 14.7. The summed E-state index contributed by atoms with van der Waals surface area (Å²) < 4.78 is 0. The molecule has 1 aliphatic rings. The first kappa shape index (κ1) is 14.9. The second-order valence-corrected chi connectivity index (χ2v) is 7.07. The van der Waals surface area contributed by atoms with Gasteiger partial charge in [-0.25, -0.2) is 4.98 Å². The van der Waals surface area contributed by atoms with Gasteiger partial charge in [0, 0.05) is 12.7 Å². The lowest BCUT2D eigenvalue weighted by Gasteiger charge is -2.40. The van der Waals surface area contributed by atoms with Crippen LogP contribution in [0.25, 0.3) is 0 Å². The van der Waals surface area contributed by atoms with Crippen molar-refractivity contribution < 1.29 is 5.11 Å². The minimum atomic E-state index is -0.667. The molecular weight excluding hydrogens is 283 g/mol. The molecule has 0 atom stereocenters. The summed E-state index contributed by atoms with van der Waals surface area (Å²) in [5.41, 5.74) is -0.331. The Hall–Kier alpha value is -0.510. The van der Waals surface area contributed by atoms with E-state index in [1.54, 1.807) is 12.3 Å². The lowest BCUT2D eigenvalue weighted by Crippen LogP contribution is -2.42. The highest BCUT2D eigenvalue weighted by atomic mass is 35.5. The summed E-state index contributed by atoms with van der Waals surface area (Å²) in [7, 11) is 0. The van der Waals surface area contributed by atoms with Gasteiger partial charge < -0.3 is 10.4 Å². The predicted molar refractivity (Wildman–Crippen MR) is 79.9 cm³/mol. The van der Waals surface area contributed by atoms with Crippen molar-refractivity contribution in [3.05, 3.63) is 22.3 Å². The zero-order valence-corrected chi connectivity index (χ0v) is 12.9. The minimum absolute atomic E-state index is 0.336. The molecule has 0 aromatic carbocycles. The number of pyridine rings is 1. The smallest absolute Gasteiger partial charge is 0.144 e. The van der Waals surface area contributed by atoms with Crippen LogP contribution in [0, 0.1) is 5.41 Å². The largest absolute Gasteiger partial charge is 0.388 e. The van der Waals surface area contributed by atoms with E-state index < -0.39 is 5.60 Å². The molecule has 1 aromatic heterocycles. The molecule has 0 unspecified atom stereocenters. The van der Waals surface area contributed by atoms with Crippen molar-refractivity contribution in [2.75, 3.05) is 11.9 Å². The summed E-state index contributed by atoms with van der Waals surface area (Å²) >= 11 is 11.8. The molecule has 0 spiro atoms. The van der Waals surface area contributed by atoms with Crippen LogP contribution in [0.15, 0.2) is 12.3 Å². The molecule has 1 fully saturated rings. The van der Waals surface area contributed by atoms with Crippen LogP contribution in [0.2, 0.25) is 10.0 Å². The van der Waals surface area contributed by atoms with Gasteiger partial charge >= 0.3 is 0 Å². The molecule has 0 radical (unpaired) electrons. The van der Waals surface area contributed by atoms with Crippen molar-refractivity contribution in [3.8, 4) is 0 Å². The van der Waals surface area contributed by atoms with Gasteiger partial charge in [0.25, 0.3) is 0 Å². The fourth-order valence-electron chi connectivity index (χ4n) is 2.36. The van der Waals surface area contributed by atoms with Crippen molar-refractivity contribution >= 4 is 29.0 Å². The fraction of sp³-hybridized carbons (Fsp3) is 0.643. The van der Waals surface area contributed by atoms with Crippen LogP contribution in [-0.2, 0) is 0 Å². The second kappa shape index (κ2) is 5.47. The molecule has 0 aliphatic heterocycles. The van der Waals surface area contributed by atoms with Crippen molar-refractivity contribution in [2.45, 2.75) is 45.1 Å². The monoisotopic (exact) mass is 302 g/mol. The van der Waals surface area contributed by atoms with Crippen molar-refractivity contribution in [1.82, 2.24) is 4.98 Å². The predicted octanol–water partition coefficient (Wildman–Crippen LogP) is 4.13. The maximum atomic E-state index is 10.6. The average molecular weight is 303 g/mol. The Bertz CT molecular complexity index is 453. The Morgan fingerprint density at radius 1 is 1.26 bits per heavy atom. The van der Waals surface area contributed by atoms with E-state index in [0.29, 0.717) is 27.8 Å². The van der Waals surface area contributed by atoms with E-state index in [-0.39, 0.29) is 0 Å². The molecule has 5 heteroatoms. The summed E-state index contributed by atoms with van der Waals surface area (Å²) in [6.07, 6.45) is 5.22. The molecule has 2 rings (SSSR count). The molecule has 1 saturated carbocycles. The molecule has 106 valence electrons. The molecule has 1 aromatic rings. The number of rotatable bonds is 3. The maximum absolute atomic E-state index is 10.6. The number of nitrogens with zero attached hydrogens (tertiary/aromatic N) is 1. The van der Waals surface area contributed by atoms with Crippen LogP contribution < -0.4 is 5.32 Å². The van der Waals surface area contributed by atoms with Gasteiger partial charge in [0.05, 0.1) is 15.6 Å². The lowest BCUT2D eigenvalue weighted by atomic mass is 9.71. The van der Waals surface area contributed by atoms with Crippen molar-refractivity contribution in [3.63, 3.8) is 0 Å². The third-order valence-electron chi connectivity index (χ3n) is 3.93. The van der Waals surface area contributed by atoms with E-state index in [4.69, 9.17) is 23.2 Å². The molecule has 3 nitrogen and oxygen atoms in total. The van der Waals surface area contributed by atoms with E-state index in [1.165, 1.54) is 0 Å². The van der Waals surface area contributed by atoms with Gasteiger partial charge in [0.2, 0.25) is 0 Å². The van der Waals surface area contributed by atoms with Crippen molar-refractivity contribution in [2.24, 2.45) is 5.41 Å². The first-order valence-corrected chi connectivity index (χ1v) is 7.33. The third kappa shape index (κ3) is 3.98. The number of aliphatic hydroxyl groups is 1. The number of hydrogen-bond donors (Lipinski definition) is 2. The number of halogens is 2. The van der Waals surface area contributed by atoms with Gasteiger partial charge in [-0.05, 0) is 37.2 Å². The number of anilines is 1. The minimum Gasteiger partial charge on any atom is -0.388 e. The van der Waals surface area contributed by atoms with Gasteiger partial charge in [-0.1, -0.05) is 37.0 Å². The molecule has 19 heavy (non-hydrogen) atoms. The molecule has 2 N–H and O–H groups in total. The van der Waals surface area contributed by atoms with Crippen LogP contribution in [0.4, 0.5) is 5.82 Å². The van der Waals surface area contributed by atoms with Gasteiger partial charge in [-0.3, -0.25) is 0 Å². The normalized spacial score (nSPS) is 21.1. The lowest BCUT2D eigenvalue weighted by molar-refractivity contribution is -0.0145. The number of nitrogens with one attached hydrogen (secondary N) is 1. The molecule has 0 bridgehead atoms. The number of aromatic nitrogens is 1. The van der Waals surface area contributed by atoms with Gasteiger partial charge in [-0.15, -0.1) is 0 Å². The van der Waals surface area contributed by atoms with Crippen LogP contribution >= 0.6 is 23.2 Å².